The molecule has 3 heterocycles. The summed E-state index contributed by atoms with van der Waals surface area (Å²) in [5, 5.41) is 2.19. The normalized spacial score (nSPS) is 11.3. The van der Waals surface area contributed by atoms with Crippen molar-refractivity contribution in [2.24, 2.45) is 0 Å². The third-order valence-corrected chi connectivity index (χ3v) is 9.47. The predicted octanol–water partition coefficient (Wildman–Crippen LogP) is 11.6. The number of hydrogen-bond donors (Lipinski definition) is 0. The maximum absolute atomic E-state index is 5.02. The quantitative estimate of drug-likeness (QED) is 0.165. The van der Waals surface area contributed by atoms with Gasteiger partial charge in [0.1, 0.15) is 0 Å². The molecule has 5 heteroatoms. The van der Waals surface area contributed by atoms with Crippen molar-refractivity contribution in [2.75, 3.05) is 0 Å². The smallest absolute Gasteiger partial charge is 0.164 e. The molecular weight excluding hydrogens is 635 g/mol. The van der Waals surface area contributed by atoms with Gasteiger partial charge in [-0.2, -0.15) is 0 Å². The van der Waals surface area contributed by atoms with E-state index in [9.17, 15) is 0 Å². The number of hydrogen-bond acceptors (Lipinski definition) is 5. The van der Waals surface area contributed by atoms with E-state index >= 15 is 0 Å². The maximum atomic E-state index is 5.02. The third-order valence-electron chi connectivity index (χ3n) is 9.47. The molecule has 9 aromatic rings. The van der Waals surface area contributed by atoms with Crippen LogP contribution in [-0.4, -0.2) is 24.9 Å². The second-order valence-electron chi connectivity index (χ2n) is 13.1. The van der Waals surface area contributed by atoms with Crippen LogP contribution in [0.3, 0.4) is 0 Å². The van der Waals surface area contributed by atoms with Gasteiger partial charge in [0.25, 0.3) is 0 Å². The third kappa shape index (κ3) is 5.99. The minimum atomic E-state index is 0.629. The van der Waals surface area contributed by atoms with Gasteiger partial charge in [-0.25, -0.2) is 15.0 Å². The number of fused-ring (bicyclic) bond motifs is 3. The van der Waals surface area contributed by atoms with E-state index in [0.29, 0.717) is 17.5 Å². The molecule has 0 radical (unpaired) electrons. The molecule has 0 aliphatic rings. The molecule has 0 spiro atoms. The van der Waals surface area contributed by atoms with Gasteiger partial charge in [0.2, 0.25) is 0 Å². The molecule has 0 aliphatic carbocycles. The molecule has 6 aromatic carbocycles. The number of rotatable bonds is 6. The molecule has 0 atom stereocenters. The molecule has 0 unspecified atom stereocenters. The summed E-state index contributed by atoms with van der Waals surface area (Å²) >= 11 is 0. The van der Waals surface area contributed by atoms with Crippen molar-refractivity contribution in [3.63, 3.8) is 0 Å². The first kappa shape index (κ1) is 31.2. The first-order valence-electron chi connectivity index (χ1n) is 17.4. The Hall–Kier alpha value is -6.85. The number of aryl methyl sites for hydroxylation is 2. The summed E-state index contributed by atoms with van der Waals surface area (Å²) in [5.41, 5.74) is 13.4. The van der Waals surface area contributed by atoms with Crippen molar-refractivity contribution in [1.29, 1.82) is 0 Å². The largest absolute Gasteiger partial charge is 0.251 e. The van der Waals surface area contributed by atoms with Crippen molar-refractivity contribution in [1.82, 2.24) is 24.9 Å². The Labute approximate surface area is 302 Å². The van der Waals surface area contributed by atoms with Crippen LogP contribution in [0.4, 0.5) is 0 Å². The standard InChI is InChI=1S/C47H33N5/c1-30-16-17-36-26-27-41-42(28-31(2)49-44(41)43(36)48-30)35-22-18-34(19-23-35)39-14-9-15-40(29-39)47-51-45(37-12-7-4-8-13-37)50-46(52-47)38-24-20-33(21-25-38)32-10-5-3-6-11-32/h3-29H,1-2H3. The molecule has 0 bridgehead atoms. The Bertz CT molecular complexity index is 2720. The Morgan fingerprint density at radius 2 is 0.788 bits per heavy atom. The van der Waals surface area contributed by atoms with Crippen LogP contribution < -0.4 is 0 Å². The number of nitrogens with zero attached hydrogens (tertiary/aromatic N) is 5. The molecule has 0 N–H and O–H groups in total. The highest BCUT2D eigenvalue weighted by molar-refractivity contribution is 6.08. The molecule has 5 nitrogen and oxygen atoms in total. The van der Waals surface area contributed by atoms with Gasteiger partial charge < -0.3 is 0 Å². The van der Waals surface area contributed by atoms with E-state index in [2.05, 4.69) is 121 Å². The lowest BCUT2D eigenvalue weighted by atomic mass is 9.96. The van der Waals surface area contributed by atoms with Gasteiger partial charge in [0.05, 0.1) is 11.0 Å². The fraction of sp³-hybridized carbons (Fsp3) is 0.0426. The molecule has 0 saturated carbocycles. The highest BCUT2D eigenvalue weighted by Gasteiger charge is 2.15. The Morgan fingerprint density at radius 3 is 1.48 bits per heavy atom. The van der Waals surface area contributed by atoms with E-state index < -0.39 is 0 Å². The van der Waals surface area contributed by atoms with Crippen LogP contribution >= 0.6 is 0 Å². The van der Waals surface area contributed by atoms with Crippen LogP contribution in [0, 0.1) is 13.8 Å². The van der Waals surface area contributed by atoms with E-state index in [-0.39, 0.29) is 0 Å². The summed E-state index contributed by atoms with van der Waals surface area (Å²) < 4.78 is 0. The SMILES string of the molecule is Cc1ccc2ccc3c(-c4ccc(-c5cccc(-c6nc(-c7ccccc7)nc(-c7ccc(-c8ccccc8)cc7)n6)c5)cc4)cc(C)nc3c2n1. The van der Waals surface area contributed by atoms with E-state index in [1.54, 1.807) is 0 Å². The molecule has 0 amide bonds. The summed E-state index contributed by atoms with van der Waals surface area (Å²) in [6.45, 7) is 4.07. The summed E-state index contributed by atoms with van der Waals surface area (Å²) in [4.78, 5) is 24.7. The van der Waals surface area contributed by atoms with Crippen LogP contribution in [-0.2, 0) is 0 Å². The molecular formula is C47H33N5. The van der Waals surface area contributed by atoms with E-state index in [4.69, 9.17) is 24.9 Å². The summed E-state index contributed by atoms with van der Waals surface area (Å²) in [6.07, 6.45) is 0. The summed E-state index contributed by atoms with van der Waals surface area (Å²) in [7, 11) is 0. The van der Waals surface area contributed by atoms with Crippen molar-refractivity contribution >= 4 is 21.8 Å². The van der Waals surface area contributed by atoms with Crippen LogP contribution in [0.5, 0.6) is 0 Å². The lowest BCUT2D eigenvalue weighted by Crippen LogP contribution is -2.00. The van der Waals surface area contributed by atoms with Gasteiger partial charge in [0, 0.05) is 38.9 Å². The van der Waals surface area contributed by atoms with Crippen LogP contribution in [0.15, 0.2) is 164 Å². The van der Waals surface area contributed by atoms with Gasteiger partial charge >= 0.3 is 0 Å². The minimum absolute atomic E-state index is 0.629. The highest BCUT2D eigenvalue weighted by atomic mass is 15.0. The molecule has 52 heavy (non-hydrogen) atoms. The average molecular weight is 668 g/mol. The zero-order chi connectivity index (χ0) is 35.0. The topological polar surface area (TPSA) is 64.5 Å². The molecule has 246 valence electrons. The van der Waals surface area contributed by atoms with Gasteiger partial charge in [-0.3, -0.25) is 9.97 Å². The summed E-state index contributed by atoms with van der Waals surface area (Å²) in [6, 6.07) is 56.7. The second-order valence-corrected chi connectivity index (χ2v) is 13.1. The van der Waals surface area contributed by atoms with Crippen LogP contribution in [0.1, 0.15) is 11.4 Å². The second kappa shape index (κ2) is 13.1. The number of aromatic nitrogens is 5. The highest BCUT2D eigenvalue weighted by Crippen LogP contribution is 2.35. The lowest BCUT2D eigenvalue weighted by molar-refractivity contribution is 1.07. The van der Waals surface area contributed by atoms with Gasteiger partial charge in [-0.1, -0.05) is 146 Å². The Morgan fingerprint density at radius 1 is 0.308 bits per heavy atom. The molecule has 0 fully saturated rings. The van der Waals surface area contributed by atoms with E-state index in [0.717, 1.165) is 77.7 Å². The predicted molar refractivity (Wildman–Crippen MR) is 213 cm³/mol. The molecule has 0 saturated heterocycles. The van der Waals surface area contributed by atoms with Crippen molar-refractivity contribution in [3.8, 4) is 67.5 Å². The monoisotopic (exact) mass is 667 g/mol. The zero-order valence-corrected chi connectivity index (χ0v) is 28.8. The minimum Gasteiger partial charge on any atom is -0.251 e. The Balaban J connectivity index is 1.08. The van der Waals surface area contributed by atoms with E-state index in [1.165, 1.54) is 5.56 Å². The lowest BCUT2D eigenvalue weighted by Gasteiger charge is -2.12. The number of pyridine rings is 2. The van der Waals surface area contributed by atoms with E-state index in [1.807, 2.05) is 56.3 Å². The Kier molecular flexibility index (Phi) is 7.86. The first-order chi connectivity index (χ1) is 25.6. The van der Waals surface area contributed by atoms with Crippen molar-refractivity contribution in [2.45, 2.75) is 13.8 Å². The van der Waals surface area contributed by atoms with Gasteiger partial charge in [-0.05, 0) is 65.4 Å². The van der Waals surface area contributed by atoms with Crippen molar-refractivity contribution in [3.05, 3.63) is 175 Å². The fourth-order valence-electron chi connectivity index (χ4n) is 6.81. The molecule has 9 rings (SSSR count). The van der Waals surface area contributed by atoms with Gasteiger partial charge in [-0.15, -0.1) is 0 Å². The average Bonchev–Trinajstić information content (AvgIpc) is 3.21. The van der Waals surface area contributed by atoms with Crippen LogP contribution in [0.2, 0.25) is 0 Å². The fourth-order valence-corrected chi connectivity index (χ4v) is 6.81. The van der Waals surface area contributed by atoms with Crippen LogP contribution in [0.25, 0.3) is 89.4 Å². The zero-order valence-electron chi connectivity index (χ0n) is 28.8. The van der Waals surface area contributed by atoms with Gasteiger partial charge in [0.15, 0.2) is 17.5 Å². The number of benzene rings is 6. The first-order valence-corrected chi connectivity index (χ1v) is 17.4. The maximum Gasteiger partial charge on any atom is 0.164 e. The molecule has 3 aromatic heterocycles. The van der Waals surface area contributed by atoms with Crippen molar-refractivity contribution < 1.29 is 0 Å². The summed E-state index contributed by atoms with van der Waals surface area (Å²) in [5.74, 6) is 1.90. The molecule has 0 aliphatic heterocycles.